The van der Waals surface area contributed by atoms with Gasteiger partial charge in [-0.25, -0.2) is 15.0 Å². The summed E-state index contributed by atoms with van der Waals surface area (Å²) in [5, 5.41) is 2.16. The lowest BCUT2D eigenvalue weighted by molar-refractivity contribution is 0.664. The van der Waals surface area contributed by atoms with Crippen molar-refractivity contribution in [3.63, 3.8) is 0 Å². The Morgan fingerprint density at radius 2 is 0.980 bits per heavy atom. The highest BCUT2D eigenvalue weighted by atomic mass is 16.3. The summed E-state index contributed by atoms with van der Waals surface area (Å²) in [4.78, 5) is 14.7. The number of para-hydroxylation sites is 1. The number of hydrogen-bond acceptors (Lipinski definition) is 4. The maximum Gasteiger partial charge on any atom is 0.164 e. The first-order chi connectivity index (χ1) is 25.2. The van der Waals surface area contributed by atoms with Crippen LogP contribution in [0.15, 0.2) is 174 Å². The molecule has 0 aliphatic rings. The topological polar surface area (TPSA) is 51.8 Å². The highest BCUT2D eigenvalue weighted by molar-refractivity contribution is 6.07. The molecule has 4 heteroatoms. The fourth-order valence-corrected chi connectivity index (χ4v) is 6.99. The van der Waals surface area contributed by atoms with E-state index in [1.165, 1.54) is 33.4 Å². The molecule has 51 heavy (non-hydrogen) atoms. The second-order valence-electron chi connectivity index (χ2n) is 12.9. The quantitative estimate of drug-likeness (QED) is 0.171. The molecule has 0 aliphatic carbocycles. The van der Waals surface area contributed by atoms with E-state index in [9.17, 15) is 0 Å². The average molecular weight is 656 g/mol. The van der Waals surface area contributed by atoms with Crippen molar-refractivity contribution in [1.29, 1.82) is 0 Å². The molecule has 0 atom stereocenters. The Labute approximate surface area is 296 Å². The Balaban J connectivity index is 1.10. The van der Waals surface area contributed by atoms with Crippen LogP contribution in [0.3, 0.4) is 0 Å². The van der Waals surface area contributed by atoms with Gasteiger partial charge in [-0.05, 0) is 58.0 Å². The lowest BCUT2D eigenvalue weighted by atomic mass is 9.90. The van der Waals surface area contributed by atoms with E-state index in [-0.39, 0.29) is 0 Å². The Morgan fingerprint density at radius 3 is 1.65 bits per heavy atom. The lowest BCUT2D eigenvalue weighted by Crippen LogP contribution is -2.00. The van der Waals surface area contributed by atoms with Gasteiger partial charge in [0.1, 0.15) is 11.2 Å². The largest absolute Gasteiger partial charge is 0.456 e. The van der Waals surface area contributed by atoms with Gasteiger partial charge in [0.2, 0.25) is 0 Å². The van der Waals surface area contributed by atoms with E-state index in [1.807, 2.05) is 60.7 Å². The van der Waals surface area contributed by atoms with Gasteiger partial charge in [-0.15, -0.1) is 0 Å². The molecule has 0 amide bonds. The molecule has 0 spiro atoms. The van der Waals surface area contributed by atoms with Crippen LogP contribution in [-0.4, -0.2) is 15.0 Å². The number of rotatable bonds is 7. The maximum atomic E-state index is 6.71. The molecule has 0 saturated heterocycles. The van der Waals surface area contributed by atoms with Crippen LogP contribution < -0.4 is 0 Å². The highest BCUT2D eigenvalue weighted by Gasteiger charge is 2.17. The fourth-order valence-electron chi connectivity index (χ4n) is 6.99. The minimum Gasteiger partial charge on any atom is -0.456 e. The van der Waals surface area contributed by atoms with Crippen molar-refractivity contribution >= 4 is 21.9 Å². The predicted octanol–water partition coefficient (Wildman–Crippen LogP) is 12.0. The van der Waals surface area contributed by atoms with Crippen molar-refractivity contribution < 1.29 is 4.42 Å². The van der Waals surface area contributed by atoms with Crippen LogP contribution in [-0.2, 0) is 6.42 Å². The van der Waals surface area contributed by atoms with Crippen LogP contribution in [0.25, 0.3) is 78.4 Å². The number of hydrogen-bond donors (Lipinski definition) is 0. The van der Waals surface area contributed by atoms with Gasteiger partial charge in [-0.2, -0.15) is 0 Å². The van der Waals surface area contributed by atoms with Gasteiger partial charge in [0.05, 0.1) is 0 Å². The summed E-state index contributed by atoms with van der Waals surface area (Å²) in [6, 6.07) is 58.9. The summed E-state index contributed by atoms with van der Waals surface area (Å²) in [5.74, 6) is 1.87. The summed E-state index contributed by atoms with van der Waals surface area (Å²) in [6.45, 7) is 2.20. The second kappa shape index (κ2) is 13.0. The van der Waals surface area contributed by atoms with Crippen LogP contribution in [0.2, 0.25) is 0 Å². The third kappa shape index (κ3) is 5.87. The zero-order chi connectivity index (χ0) is 34.1. The molecule has 0 aliphatic heterocycles. The van der Waals surface area contributed by atoms with E-state index in [1.54, 1.807) is 0 Å². The van der Waals surface area contributed by atoms with Gasteiger partial charge in [0, 0.05) is 33.9 Å². The second-order valence-corrected chi connectivity index (χ2v) is 12.9. The monoisotopic (exact) mass is 655 g/mol. The number of aryl methyl sites for hydroxylation is 1. The maximum absolute atomic E-state index is 6.71. The molecular formula is C47H33N3O. The highest BCUT2D eigenvalue weighted by Crippen LogP contribution is 2.37. The Morgan fingerprint density at radius 1 is 0.412 bits per heavy atom. The van der Waals surface area contributed by atoms with E-state index in [0.29, 0.717) is 17.5 Å². The first-order valence-electron chi connectivity index (χ1n) is 17.2. The van der Waals surface area contributed by atoms with Crippen molar-refractivity contribution in [2.24, 2.45) is 0 Å². The molecule has 0 radical (unpaired) electrons. The third-order valence-corrected chi connectivity index (χ3v) is 9.56. The first kappa shape index (κ1) is 30.4. The van der Waals surface area contributed by atoms with E-state index in [0.717, 1.165) is 50.6 Å². The minimum absolute atomic E-state index is 0.605. The van der Waals surface area contributed by atoms with E-state index in [2.05, 4.69) is 116 Å². The molecule has 2 aromatic heterocycles. The van der Waals surface area contributed by atoms with Crippen molar-refractivity contribution in [2.45, 2.75) is 13.3 Å². The summed E-state index contributed by atoms with van der Waals surface area (Å²) in [6.07, 6.45) is 0.744. The number of nitrogens with zero attached hydrogens (tertiary/aromatic N) is 3. The minimum atomic E-state index is 0.605. The standard InChI is InChI=1S/C47H33N3O/c1-31-28-35(32-14-5-2-6-15-32)24-26-39(31)40-22-12-11-20-36(40)29-37-21-13-23-42-41-27-25-38(30-43(41)51-44(37)42)47-49-45(33-16-7-3-8-17-33)48-46(50-47)34-18-9-4-10-19-34/h2-28,30H,29H2,1H3. The van der Waals surface area contributed by atoms with E-state index >= 15 is 0 Å². The molecule has 2 heterocycles. The van der Waals surface area contributed by atoms with E-state index in [4.69, 9.17) is 19.4 Å². The zero-order valence-electron chi connectivity index (χ0n) is 28.1. The van der Waals surface area contributed by atoms with Crippen LogP contribution in [0.1, 0.15) is 16.7 Å². The summed E-state index contributed by atoms with van der Waals surface area (Å²) >= 11 is 0. The molecule has 0 saturated carbocycles. The zero-order valence-corrected chi connectivity index (χ0v) is 28.1. The third-order valence-electron chi connectivity index (χ3n) is 9.56. The summed E-state index contributed by atoms with van der Waals surface area (Å²) in [7, 11) is 0. The van der Waals surface area contributed by atoms with Gasteiger partial charge in [-0.3, -0.25) is 0 Å². The van der Waals surface area contributed by atoms with Gasteiger partial charge >= 0.3 is 0 Å². The number of furan rings is 1. The number of aromatic nitrogens is 3. The Kier molecular flexibility index (Phi) is 7.75. The van der Waals surface area contributed by atoms with Crippen LogP contribution >= 0.6 is 0 Å². The van der Waals surface area contributed by atoms with Crippen molar-refractivity contribution in [3.8, 4) is 56.4 Å². The molecule has 4 nitrogen and oxygen atoms in total. The van der Waals surface area contributed by atoms with Crippen molar-refractivity contribution in [3.05, 3.63) is 187 Å². The van der Waals surface area contributed by atoms with Crippen LogP contribution in [0.5, 0.6) is 0 Å². The first-order valence-corrected chi connectivity index (χ1v) is 17.2. The van der Waals surface area contributed by atoms with Crippen molar-refractivity contribution in [1.82, 2.24) is 15.0 Å². The summed E-state index contributed by atoms with van der Waals surface area (Å²) < 4.78 is 6.71. The molecule has 9 rings (SSSR count). The fraction of sp³-hybridized carbons (Fsp3) is 0.0426. The van der Waals surface area contributed by atoms with Crippen LogP contribution in [0.4, 0.5) is 0 Å². The summed E-state index contributed by atoms with van der Waals surface area (Å²) in [5.41, 5.74) is 13.1. The molecular weight excluding hydrogens is 623 g/mol. The molecule has 0 bridgehead atoms. The SMILES string of the molecule is Cc1cc(-c2ccccc2)ccc1-c1ccccc1Cc1cccc2c1oc1cc(-c3nc(-c4ccccc4)nc(-c4ccccc4)n3)ccc12. The van der Waals surface area contributed by atoms with Crippen LogP contribution in [0, 0.1) is 6.92 Å². The van der Waals surface area contributed by atoms with Gasteiger partial charge in [-0.1, -0.05) is 158 Å². The van der Waals surface area contributed by atoms with Crippen molar-refractivity contribution in [2.75, 3.05) is 0 Å². The molecule has 9 aromatic rings. The normalized spacial score (nSPS) is 11.3. The Hall–Kier alpha value is -6.65. The molecule has 0 fully saturated rings. The van der Waals surface area contributed by atoms with Gasteiger partial charge < -0.3 is 4.42 Å². The molecule has 7 aromatic carbocycles. The smallest absolute Gasteiger partial charge is 0.164 e. The molecule has 0 unspecified atom stereocenters. The molecule has 242 valence electrons. The van der Waals surface area contributed by atoms with Gasteiger partial charge in [0.15, 0.2) is 17.5 Å². The number of benzene rings is 7. The predicted molar refractivity (Wildman–Crippen MR) is 208 cm³/mol. The number of fused-ring (bicyclic) bond motifs is 3. The Bertz CT molecular complexity index is 2610. The van der Waals surface area contributed by atoms with E-state index < -0.39 is 0 Å². The average Bonchev–Trinajstić information content (AvgIpc) is 3.58. The molecule has 0 N–H and O–H groups in total. The van der Waals surface area contributed by atoms with Gasteiger partial charge in [0.25, 0.3) is 0 Å². The lowest BCUT2D eigenvalue weighted by Gasteiger charge is -2.14.